The summed E-state index contributed by atoms with van der Waals surface area (Å²) in [5.41, 5.74) is 0.635. The van der Waals surface area contributed by atoms with E-state index in [0.29, 0.717) is 36.2 Å². The van der Waals surface area contributed by atoms with Gasteiger partial charge in [0.05, 0.1) is 35.7 Å². The van der Waals surface area contributed by atoms with Crippen LogP contribution in [0.1, 0.15) is 24.3 Å². The molecule has 1 fully saturated rings. The van der Waals surface area contributed by atoms with Crippen molar-refractivity contribution in [3.05, 3.63) is 41.2 Å². The van der Waals surface area contributed by atoms with Crippen LogP contribution in [0.4, 0.5) is 0 Å². The topological polar surface area (TPSA) is 60.2 Å². The van der Waals surface area contributed by atoms with E-state index in [4.69, 9.17) is 16.3 Å². The summed E-state index contributed by atoms with van der Waals surface area (Å²) in [7, 11) is 0. The molecular weight excluding hydrogens is 304 g/mol. The van der Waals surface area contributed by atoms with Crippen molar-refractivity contribution in [2.24, 2.45) is 0 Å². The maximum atomic E-state index is 12.7. The Morgan fingerprint density at radius 2 is 2.14 bits per heavy atom. The zero-order valence-corrected chi connectivity index (χ0v) is 13.2. The molecule has 0 aliphatic carbocycles. The Kier molecular flexibility index (Phi) is 3.88. The highest BCUT2D eigenvalue weighted by atomic mass is 35.5. The molecule has 0 saturated carbocycles. The van der Waals surface area contributed by atoms with Gasteiger partial charge in [0.25, 0.3) is 5.91 Å². The smallest absolute Gasteiger partial charge is 0.276 e. The summed E-state index contributed by atoms with van der Waals surface area (Å²) in [5, 5.41) is 8.56. The van der Waals surface area contributed by atoms with Gasteiger partial charge in [-0.05, 0) is 26.0 Å². The lowest BCUT2D eigenvalue weighted by Gasteiger charge is -2.41. The first kappa shape index (κ1) is 15.0. The molecule has 0 bridgehead atoms. The van der Waals surface area contributed by atoms with Gasteiger partial charge in [0.1, 0.15) is 0 Å². The predicted molar refractivity (Wildman–Crippen MR) is 82.3 cm³/mol. The van der Waals surface area contributed by atoms with Crippen LogP contribution >= 0.6 is 11.6 Å². The first-order valence-electron chi connectivity index (χ1n) is 7.06. The van der Waals surface area contributed by atoms with Gasteiger partial charge < -0.3 is 9.64 Å². The van der Waals surface area contributed by atoms with Crippen LogP contribution < -0.4 is 0 Å². The van der Waals surface area contributed by atoms with Crippen LogP contribution in [0.2, 0.25) is 5.02 Å². The number of benzene rings is 1. The highest BCUT2D eigenvalue weighted by Crippen LogP contribution is 2.22. The maximum Gasteiger partial charge on any atom is 0.276 e. The molecular formula is C15H17ClN4O2. The van der Waals surface area contributed by atoms with Gasteiger partial charge in [0.15, 0.2) is 5.69 Å². The van der Waals surface area contributed by atoms with Crippen LogP contribution in [0.15, 0.2) is 30.5 Å². The van der Waals surface area contributed by atoms with E-state index in [9.17, 15) is 4.79 Å². The van der Waals surface area contributed by atoms with Crippen LogP contribution in [0.25, 0.3) is 5.69 Å². The Morgan fingerprint density at radius 3 is 2.86 bits per heavy atom. The summed E-state index contributed by atoms with van der Waals surface area (Å²) in [5.74, 6) is -0.147. The monoisotopic (exact) mass is 320 g/mol. The van der Waals surface area contributed by atoms with Crippen molar-refractivity contribution in [2.75, 3.05) is 19.8 Å². The predicted octanol–water partition coefficient (Wildman–Crippen LogP) is 2.17. The van der Waals surface area contributed by atoms with Crippen molar-refractivity contribution in [1.29, 1.82) is 0 Å². The second-order valence-corrected chi connectivity index (χ2v) is 6.23. The molecule has 0 atom stereocenters. The molecule has 116 valence electrons. The fourth-order valence-corrected chi connectivity index (χ4v) is 2.71. The number of morpholine rings is 1. The van der Waals surface area contributed by atoms with E-state index in [-0.39, 0.29) is 11.4 Å². The number of carbonyl (C=O) groups excluding carboxylic acids is 1. The number of ether oxygens (including phenoxy) is 1. The van der Waals surface area contributed by atoms with Gasteiger partial charge in [-0.3, -0.25) is 4.79 Å². The lowest BCUT2D eigenvalue weighted by molar-refractivity contribution is -0.0373. The van der Waals surface area contributed by atoms with Gasteiger partial charge in [0.2, 0.25) is 0 Å². The third-order valence-electron chi connectivity index (χ3n) is 3.70. The zero-order chi connectivity index (χ0) is 15.7. The SMILES string of the molecule is CC1(C)COCCN1C(=O)c1cn(-c2ccccc2Cl)nn1. The number of aromatic nitrogens is 3. The second kappa shape index (κ2) is 5.70. The van der Waals surface area contributed by atoms with E-state index in [1.165, 1.54) is 4.68 Å². The number of rotatable bonds is 2. The van der Waals surface area contributed by atoms with Crippen molar-refractivity contribution in [3.63, 3.8) is 0 Å². The van der Waals surface area contributed by atoms with Gasteiger partial charge in [-0.15, -0.1) is 5.10 Å². The van der Waals surface area contributed by atoms with Gasteiger partial charge in [-0.1, -0.05) is 28.9 Å². The van der Waals surface area contributed by atoms with Crippen LogP contribution in [0.5, 0.6) is 0 Å². The molecule has 0 N–H and O–H groups in total. The standard InChI is InChI=1S/C15H17ClN4O2/c1-15(2)10-22-8-7-19(15)14(21)12-9-20(18-17-12)13-6-4-3-5-11(13)16/h3-6,9H,7-8,10H2,1-2H3. The van der Waals surface area contributed by atoms with Crippen molar-refractivity contribution in [2.45, 2.75) is 19.4 Å². The first-order chi connectivity index (χ1) is 10.5. The molecule has 3 rings (SSSR count). The molecule has 0 unspecified atom stereocenters. The Labute approximate surface area is 133 Å². The molecule has 0 radical (unpaired) electrons. The summed E-state index contributed by atoms with van der Waals surface area (Å²) in [6, 6.07) is 7.29. The molecule has 1 aromatic carbocycles. The fraction of sp³-hybridized carbons (Fsp3) is 0.400. The van der Waals surface area contributed by atoms with Crippen LogP contribution in [0.3, 0.4) is 0 Å². The highest BCUT2D eigenvalue weighted by molar-refractivity contribution is 6.32. The molecule has 0 spiro atoms. The van der Waals surface area contributed by atoms with Crippen LogP contribution in [0, 0.1) is 0 Å². The minimum atomic E-state index is -0.358. The van der Waals surface area contributed by atoms with Gasteiger partial charge in [0, 0.05) is 6.54 Å². The number of nitrogens with zero attached hydrogens (tertiary/aromatic N) is 4. The summed E-state index contributed by atoms with van der Waals surface area (Å²) in [6.45, 7) is 5.54. The molecule has 7 heteroatoms. The lowest BCUT2D eigenvalue weighted by Crippen LogP contribution is -2.55. The van der Waals surface area contributed by atoms with Crippen LogP contribution in [-0.2, 0) is 4.74 Å². The van der Waals surface area contributed by atoms with E-state index < -0.39 is 0 Å². The maximum absolute atomic E-state index is 12.7. The van der Waals surface area contributed by atoms with E-state index in [1.54, 1.807) is 17.2 Å². The normalized spacial score (nSPS) is 17.5. The molecule has 2 aromatic rings. The summed E-state index contributed by atoms with van der Waals surface area (Å²) < 4.78 is 6.96. The first-order valence-corrected chi connectivity index (χ1v) is 7.44. The van der Waals surface area contributed by atoms with Gasteiger partial charge in [-0.2, -0.15) is 0 Å². The third kappa shape index (κ3) is 2.71. The van der Waals surface area contributed by atoms with E-state index >= 15 is 0 Å². The van der Waals surface area contributed by atoms with Crippen molar-refractivity contribution >= 4 is 17.5 Å². The number of carbonyl (C=O) groups is 1. The van der Waals surface area contributed by atoms with Gasteiger partial charge in [-0.25, -0.2) is 4.68 Å². The zero-order valence-electron chi connectivity index (χ0n) is 12.5. The van der Waals surface area contributed by atoms with Crippen molar-refractivity contribution in [1.82, 2.24) is 19.9 Å². The van der Waals surface area contributed by atoms with Gasteiger partial charge >= 0.3 is 0 Å². The Bertz CT molecular complexity index is 698. The molecule has 1 saturated heterocycles. The van der Waals surface area contributed by atoms with Crippen molar-refractivity contribution < 1.29 is 9.53 Å². The number of hydrogen-bond acceptors (Lipinski definition) is 4. The number of para-hydroxylation sites is 1. The van der Waals surface area contributed by atoms with Crippen LogP contribution in [-0.4, -0.2) is 51.1 Å². The van der Waals surface area contributed by atoms with Crippen molar-refractivity contribution in [3.8, 4) is 5.69 Å². The minimum Gasteiger partial charge on any atom is -0.377 e. The highest BCUT2D eigenvalue weighted by Gasteiger charge is 2.35. The average molecular weight is 321 g/mol. The largest absolute Gasteiger partial charge is 0.377 e. The summed E-state index contributed by atoms with van der Waals surface area (Å²) >= 11 is 6.14. The molecule has 1 aromatic heterocycles. The molecule has 6 nitrogen and oxygen atoms in total. The quantitative estimate of drug-likeness (QED) is 0.851. The molecule has 1 aliphatic rings. The molecule has 22 heavy (non-hydrogen) atoms. The van der Waals surface area contributed by atoms with E-state index in [1.807, 2.05) is 32.0 Å². The average Bonchev–Trinajstić information content (AvgIpc) is 2.96. The molecule has 1 aliphatic heterocycles. The van der Waals surface area contributed by atoms with E-state index in [0.717, 1.165) is 0 Å². The summed E-state index contributed by atoms with van der Waals surface area (Å²) in [6.07, 6.45) is 1.61. The molecule has 1 amide bonds. The third-order valence-corrected chi connectivity index (χ3v) is 4.02. The van der Waals surface area contributed by atoms with E-state index in [2.05, 4.69) is 10.3 Å². The second-order valence-electron chi connectivity index (χ2n) is 5.82. The number of hydrogen-bond donors (Lipinski definition) is 0. The Hall–Kier alpha value is -1.92. The lowest BCUT2D eigenvalue weighted by atomic mass is 10.0. The summed E-state index contributed by atoms with van der Waals surface area (Å²) in [4.78, 5) is 14.4. The minimum absolute atomic E-state index is 0.147. The number of amides is 1. The fourth-order valence-electron chi connectivity index (χ4n) is 2.49. The molecule has 2 heterocycles. The Balaban J connectivity index is 1.88. The number of halogens is 1. The Morgan fingerprint density at radius 1 is 1.36 bits per heavy atom.